The van der Waals surface area contributed by atoms with Gasteiger partial charge in [-0.2, -0.15) is 8.78 Å². The van der Waals surface area contributed by atoms with Crippen molar-refractivity contribution in [2.75, 3.05) is 32.8 Å². The maximum absolute atomic E-state index is 14.6. The minimum absolute atomic E-state index is 0.0537. The van der Waals surface area contributed by atoms with Crippen molar-refractivity contribution >= 4 is 18.0 Å². The first-order valence-electron chi connectivity index (χ1n) is 11.3. The molecule has 1 saturated heterocycles. The summed E-state index contributed by atoms with van der Waals surface area (Å²) in [7, 11) is 0. The molecular formula is C25H26F2N2O6. The Bertz CT molecular complexity index is 1080. The fourth-order valence-electron chi connectivity index (χ4n) is 4.70. The molecule has 0 saturated carbocycles. The van der Waals surface area contributed by atoms with Gasteiger partial charge in [0.15, 0.2) is 0 Å². The fourth-order valence-corrected chi connectivity index (χ4v) is 4.70. The number of alkyl carbamates (subject to hydrolysis) is 1. The van der Waals surface area contributed by atoms with E-state index in [4.69, 9.17) is 9.47 Å². The first-order valence-corrected chi connectivity index (χ1v) is 11.3. The summed E-state index contributed by atoms with van der Waals surface area (Å²) >= 11 is 0. The van der Waals surface area contributed by atoms with Crippen LogP contribution >= 0.6 is 0 Å². The number of likely N-dealkylation sites (tertiary alicyclic amines) is 1. The first-order chi connectivity index (χ1) is 16.7. The number of halogens is 2. The molecule has 2 unspecified atom stereocenters. The van der Waals surface area contributed by atoms with Gasteiger partial charge < -0.3 is 24.8 Å². The third kappa shape index (κ3) is 4.97. The van der Waals surface area contributed by atoms with Crippen LogP contribution in [0.25, 0.3) is 11.1 Å². The van der Waals surface area contributed by atoms with Crippen LogP contribution in [0.5, 0.6) is 0 Å². The highest BCUT2D eigenvalue weighted by Gasteiger charge is 2.48. The Labute approximate surface area is 200 Å². The van der Waals surface area contributed by atoms with Gasteiger partial charge in [-0.3, -0.25) is 9.59 Å². The van der Waals surface area contributed by atoms with E-state index in [0.29, 0.717) is 0 Å². The summed E-state index contributed by atoms with van der Waals surface area (Å²) in [6.45, 7) is -0.131. The number of ether oxygens (including phenoxy) is 2. The predicted molar refractivity (Wildman–Crippen MR) is 121 cm³/mol. The minimum Gasteiger partial charge on any atom is -0.481 e. The number of carbonyl (C=O) groups excluding carboxylic acids is 2. The second kappa shape index (κ2) is 9.99. The van der Waals surface area contributed by atoms with Crippen LogP contribution in [-0.4, -0.2) is 72.9 Å². The normalized spacial score (nSPS) is 19.2. The number of fused-ring (bicyclic) bond motifs is 3. The molecule has 186 valence electrons. The van der Waals surface area contributed by atoms with Crippen LogP contribution in [0.3, 0.4) is 0 Å². The van der Waals surface area contributed by atoms with Crippen LogP contribution in [0, 0.1) is 5.92 Å². The third-order valence-electron chi connectivity index (χ3n) is 6.36. The van der Waals surface area contributed by atoms with Gasteiger partial charge in [0.2, 0.25) is 0 Å². The Morgan fingerprint density at radius 3 is 2.23 bits per heavy atom. The van der Waals surface area contributed by atoms with Gasteiger partial charge in [0.05, 0.1) is 12.6 Å². The van der Waals surface area contributed by atoms with Crippen LogP contribution in [0.15, 0.2) is 48.5 Å². The van der Waals surface area contributed by atoms with Crippen molar-refractivity contribution in [3.05, 3.63) is 59.7 Å². The Balaban J connectivity index is 1.33. The van der Waals surface area contributed by atoms with Gasteiger partial charge in [0, 0.05) is 25.6 Å². The van der Waals surface area contributed by atoms with E-state index in [1.165, 1.54) is 0 Å². The maximum Gasteiger partial charge on any atom is 0.407 e. The number of alkyl halides is 2. The summed E-state index contributed by atoms with van der Waals surface area (Å²) in [4.78, 5) is 36.7. The Morgan fingerprint density at radius 2 is 1.66 bits per heavy atom. The van der Waals surface area contributed by atoms with Crippen molar-refractivity contribution in [1.29, 1.82) is 0 Å². The van der Waals surface area contributed by atoms with Gasteiger partial charge in [-0.25, -0.2) is 4.79 Å². The molecule has 0 aromatic heterocycles. The molecule has 0 bridgehead atoms. The number of hydrogen-bond donors (Lipinski definition) is 2. The van der Waals surface area contributed by atoms with Crippen LogP contribution in [0.2, 0.25) is 0 Å². The quantitative estimate of drug-likeness (QED) is 0.592. The van der Waals surface area contributed by atoms with E-state index in [1.54, 1.807) is 6.92 Å². The lowest BCUT2D eigenvalue weighted by Gasteiger charge is -2.23. The molecule has 1 heterocycles. The lowest BCUT2D eigenvalue weighted by molar-refractivity contribution is -0.156. The largest absolute Gasteiger partial charge is 0.481 e. The molecule has 0 spiro atoms. The average Bonchev–Trinajstić information content (AvgIpc) is 3.41. The highest BCUT2D eigenvalue weighted by molar-refractivity contribution is 5.86. The standard InChI is InChI=1S/C25H26F2N2O6/c1-2-34-21-12-29(11-19(21)22(30)31)23(32)25(26,27)14-28-24(33)35-13-20-17-9-5-3-7-15(17)16-8-4-6-10-18(16)20/h3-10,19-21H,2,11-14H2,1H3,(H,28,33)(H,30,31). The van der Waals surface area contributed by atoms with E-state index in [2.05, 4.69) is 0 Å². The van der Waals surface area contributed by atoms with E-state index in [-0.39, 0.29) is 32.2 Å². The zero-order valence-corrected chi connectivity index (χ0v) is 19.1. The number of aliphatic carboxylic acids is 1. The SMILES string of the molecule is CCOC1CN(C(=O)C(F)(F)CNC(=O)OCC2c3ccccc3-c3ccccc32)CC1C(=O)O. The molecule has 2 N–H and O–H groups in total. The number of nitrogens with one attached hydrogen (secondary N) is 1. The van der Waals surface area contributed by atoms with Crippen molar-refractivity contribution in [2.24, 2.45) is 5.92 Å². The van der Waals surface area contributed by atoms with E-state index in [9.17, 15) is 28.3 Å². The van der Waals surface area contributed by atoms with Crippen LogP contribution < -0.4 is 5.32 Å². The smallest absolute Gasteiger partial charge is 0.407 e. The molecule has 1 aliphatic carbocycles. The number of carboxylic acids is 1. The summed E-state index contributed by atoms with van der Waals surface area (Å²) < 4.78 is 39.6. The second-order valence-electron chi connectivity index (χ2n) is 8.53. The average molecular weight is 488 g/mol. The van der Waals surface area contributed by atoms with Gasteiger partial charge in [-0.05, 0) is 29.2 Å². The molecule has 8 nitrogen and oxygen atoms in total. The van der Waals surface area contributed by atoms with E-state index in [1.807, 2.05) is 53.8 Å². The number of nitrogens with zero attached hydrogens (tertiary/aromatic N) is 1. The topological polar surface area (TPSA) is 105 Å². The number of carboxylic acid groups (broad SMARTS) is 1. The zero-order valence-electron chi connectivity index (χ0n) is 19.1. The van der Waals surface area contributed by atoms with E-state index < -0.39 is 42.5 Å². The fraction of sp³-hybridized carbons (Fsp3) is 0.400. The van der Waals surface area contributed by atoms with Crippen LogP contribution in [0.1, 0.15) is 24.0 Å². The molecule has 35 heavy (non-hydrogen) atoms. The van der Waals surface area contributed by atoms with E-state index in [0.717, 1.165) is 27.2 Å². The van der Waals surface area contributed by atoms with Gasteiger partial charge >= 0.3 is 18.0 Å². The molecule has 1 fully saturated rings. The molecule has 0 radical (unpaired) electrons. The van der Waals surface area contributed by atoms with Crippen LogP contribution in [-0.2, 0) is 19.1 Å². The maximum atomic E-state index is 14.6. The molecule has 2 aromatic rings. The Hall–Kier alpha value is -3.53. The lowest BCUT2D eigenvalue weighted by atomic mass is 9.98. The molecule has 2 atom stereocenters. The second-order valence-corrected chi connectivity index (χ2v) is 8.53. The predicted octanol–water partition coefficient (Wildman–Crippen LogP) is 3.11. The third-order valence-corrected chi connectivity index (χ3v) is 6.36. The van der Waals surface area contributed by atoms with Crippen molar-refractivity contribution in [1.82, 2.24) is 10.2 Å². The summed E-state index contributed by atoms with van der Waals surface area (Å²) in [5.74, 6) is -8.05. The van der Waals surface area contributed by atoms with Gasteiger partial charge in [-0.15, -0.1) is 0 Å². The van der Waals surface area contributed by atoms with Crippen LogP contribution in [0.4, 0.5) is 13.6 Å². The molecule has 4 rings (SSSR count). The highest BCUT2D eigenvalue weighted by Crippen LogP contribution is 2.44. The summed E-state index contributed by atoms with van der Waals surface area (Å²) in [5.41, 5.74) is 4.02. The highest BCUT2D eigenvalue weighted by atomic mass is 19.3. The molecule has 1 aliphatic heterocycles. The first kappa shape index (κ1) is 24.6. The molecule has 2 amide bonds. The number of rotatable bonds is 8. The van der Waals surface area contributed by atoms with Crippen molar-refractivity contribution < 1.29 is 37.7 Å². The minimum atomic E-state index is -3.93. The number of benzene rings is 2. The molecule has 2 aliphatic rings. The lowest BCUT2D eigenvalue weighted by Crippen LogP contribution is -2.49. The Kier molecular flexibility index (Phi) is 7.02. The summed E-state index contributed by atoms with van der Waals surface area (Å²) in [6.07, 6.45) is -1.94. The molecular weight excluding hydrogens is 462 g/mol. The van der Waals surface area contributed by atoms with Gasteiger partial charge in [0.25, 0.3) is 5.91 Å². The van der Waals surface area contributed by atoms with Crippen molar-refractivity contribution in [3.63, 3.8) is 0 Å². The monoisotopic (exact) mass is 488 g/mol. The molecule has 2 aromatic carbocycles. The summed E-state index contributed by atoms with van der Waals surface area (Å²) in [5, 5.41) is 11.2. The summed E-state index contributed by atoms with van der Waals surface area (Å²) in [6, 6.07) is 15.4. The number of carbonyl (C=O) groups is 3. The zero-order chi connectivity index (χ0) is 25.2. The number of amides is 2. The number of hydrogen-bond acceptors (Lipinski definition) is 5. The van der Waals surface area contributed by atoms with Crippen molar-refractivity contribution in [2.45, 2.75) is 24.9 Å². The van der Waals surface area contributed by atoms with Gasteiger partial charge in [-0.1, -0.05) is 48.5 Å². The Morgan fingerprint density at radius 1 is 1.06 bits per heavy atom. The van der Waals surface area contributed by atoms with Gasteiger partial charge in [0.1, 0.15) is 12.5 Å². The molecule has 10 heteroatoms. The van der Waals surface area contributed by atoms with Crippen molar-refractivity contribution in [3.8, 4) is 11.1 Å². The van der Waals surface area contributed by atoms with E-state index >= 15 is 0 Å².